The van der Waals surface area contributed by atoms with Crippen molar-refractivity contribution < 1.29 is 0 Å². The van der Waals surface area contributed by atoms with Gasteiger partial charge in [0.2, 0.25) is 0 Å². The monoisotopic (exact) mass is 391 g/mol. The van der Waals surface area contributed by atoms with E-state index in [1.165, 1.54) is 5.69 Å². The molecular weight excluding hydrogens is 366 g/mol. The number of hydrogen-bond donors (Lipinski definition) is 0. The number of rotatable bonds is 2. The summed E-state index contributed by atoms with van der Waals surface area (Å²) in [6.45, 7) is 6.39. The summed E-state index contributed by atoms with van der Waals surface area (Å²) in [5.41, 5.74) is 3.50. The first kappa shape index (κ1) is 17.8. The van der Waals surface area contributed by atoms with Crippen molar-refractivity contribution in [3.05, 3.63) is 60.2 Å². The summed E-state index contributed by atoms with van der Waals surface area (Å²) in [6, 6.07) is 19.3. The lowest BCUT2D eigenvalue weighted by Crippen LogP contribution is -2.59. The number of piperazine rings is 1. The minimum absolute atomic E-state index is 0.224. The molecule has 0 aromatic heterocycles. The molecule has 0 N–H and O–H groups in total. The van der Waals surface area contributed by atoms with Crippen molar-refractivity contribution in [2.45, 2.75) is 19.1 Å². The average Bonchev–Trinajstić information content (AvgIpc) is 3.11. The van der Waals surface area contributed by atoms with Crippen LogP contribution in [-0.2, 0) is 0 Å². The minimum atomic E-state index is 0.224. The quantitative estimate of drug-likeness (QED) is 0.783. The van der Waals surface area contributed by atoms with Gasteiger partial charge in [-0.2, -0.15) is 0 Å². The van der Waals surface area contributed by atoms with E-state index in [4.69, 9.17) is 9.98 Å². The number of benzene rings is 2. The predicted molar refractivity (Wildman–Crippen MR) is 119 cm³/mol. The van der Waals surface area contributed by atoms with Crippen LogP contribution in [0.15, 0.2) is 64.6 Å². The van der Waals surface area contributed by atoms with Crippen LogP contribution >= 0.6 is 11.8 Å². The fourth-order valence-corrected chi connectivity index (χ4v) is 5.06. The number of fused-ring (bicyclic) bond motifs is 3. The van der Waals surface area contributed by atoms with Crippen LogP contribution in [0, 0.1) is 0 Å². The summed E-state index contributed by atoms with van der Waals surface area (Å²) in [6.07, 6.45) is 2.35. The number of nitrogens with zero attached hydrogens (tertiary/aromatic N) is 5. The topological polar surface area (TPSA) is 34.4 Å². The van der Waals surface area contributed by atoms with Crippen LogP contribution in [0.1, 0.15) is 12.5 Å². The predicted octanol–water partition coefficient (Wildman–Crippen LogP) is 3.65. The molecule has 2 aromatic rings. The molecule has 0 aliphatic carbocycles. The first-order valence-electron chi connectivity index (χ1n) is 9.89. The fraction of sp³-hybridized carbons (Fsp3) is 0.364. The van der Waals surface area contributed by atoms with Gasteiger partial charge in [-0.25, -0.2) is 4.99 Å². The Kier molecular flexibility index (Phi) is 4.61. The van der Waals surface area contributed by atoms with E-state index < -0.39 is 0 Å². The summed E-state index contributed by atoms with van der Waals surface area (Å²) in [5.74, 6) is 1.08. The molecule has 5 nitrogen and oxygen atoms in total. The van der Waals surface area contributed by atoms with Crippen LogP contribution in [-0.4, -0.2) is 65.4 Å². The van der Waals surface area contributed by atoms with Gasteiger partial charge in [-0.3, -0.25) is 14.8 Å². The molecule has 28 heavy (non-hydrogen) atoms. The Morgan fingerprint density at radius 2 is 1.64 bits per heavy atom. The van der Waals surface area contributed by atoms with Gasteiger partial charge in [0.15, 0.2) is 5.17 Å². The molecule has 2 atom stereocenters. The highest BCUT2D eigenvalue weighted by Crippen LogP contribution is 2.36. The third kappa shape index (κ3) is 2.91. The summed E-state index contributed by atoms with van der Waals surface area (Å²) in [4.78, 5) is 17.4. The number of aliphatic imine (C=N–C) groups is 2. The largest absolute Gasteiger partial charge is 0.369 e. The molecule has 144 valence electrons. The standard InChI is InChI=1S/C22H25N5S/c1-16-21(26-14-12-25(13-15-26)17-8-4-3-5-9-17)27-20(23-16)18-10-6-7-11-19(18)24-22(27)28-2/h3-11,16,21H,12-15H2,1-2H3. The molecule has 6 heteroatoms. The van der Waals surface area contributed by atoms with Crippen molar-refractivity contribution in [3.63, 3.8) is 0 Å². The van der Waals surface area contributed by atoms with Crippen molar-refractivity contribution >= 4 is 34.1 Å². The lowest BCUT2D eigenvalue weighted by molar-refractivity contribution is 0.118. The molecule has 2 unspecified atom stereocenters. The smallest absolute Gasteiger partial charge is 0.171 e. The van der Waals surface area contributed by atoms with E-state index in [0.29, 0.717) is 0 Å². The van der Waals surface area contributed by atoms with Gasteiger partial charge in [0.05, 0.1) is 11.7 Å². The maximum absolute atomic E-state index is 5.08. The van der Waals surface area contributed by atoms with Crippen LogP contribution in [0.2, 0.25) is 0 Å². The second-order valence-electron chi connectivity index (χ2n) is 7.45. The van der Waals surface area contributed by atoms with Crippen LogP contribution in [0.25, 0.3) is 0 Å². The lowest BCUT2D eigenvalue weighted by Gasteiger charge is -2.44. The molecule has 1 saturated heterocycles. The van der Waals surface area contributed by atoms with E-state index in [-0.39, 0.29) is 12.2 Å². The fourth-order valence-electron chi connectivity index (χ4n) is 4.48. The molecule has 0 spiro atoms. The molecule has 0 saturated carbocycles. The first-order valence-corrected chi connectivity index (χ1v) is 11.1. The molecule has 0 amide bonds. The highest BCUT2D eigenvalue weighted by molar-refractivity contribution is 8.13. The lowest BCUT2D eigenvalue weighted by atomic mass is 10.1. The maximum atomic E-state index is 5.08. The molecule has 3 aliphatic rings. The second-order valence-corrected chi connectivity index (χ2v) is 8.22. The highest BCUT2D eigenvalue weighted by atomic mass is 32.2. The molecular formula is C22H25N5S. The van der Waals surface area contributed by atoms with E-state index in [1.54, 1.807) is 11.8 Å². The molecule has 1 fully saturated rings. The van der Waals surface area contributed by atoms with Crippen molar-refractivity contribution in [3.8, 4) is 0 Å². The van der Waals surface area contributed by atoms with Crippen molar-refractivity contribution in [2.75, 3.05) is 37.3 Å². The number of thioether (sulfide) groups is 1. The van der Waals surface area contributed by atoms with Gasteiger partial charge in [0.25, 0.3) is 0 Å². The average molecular weight is 392 g/mol. The van der Waals surface area contributed by atoms with E-state index in [0.717, 1.165) is 48.4 Å². The Bertz CT molecular complexity index is 918. The van der Waals surface area contributed by atoms with Crippen LogP contribution < -0.4 is 4.90 Å². The zero-order valence-corrected chi connectivity index (χ0v) is 17.1. The van der Waals surface area contributed by atoms with Gasteiger partial charge in [-0.15, -0.1) is 0 Å². The Morgan fingerprint density at radius 1 is 0.929 bits per heavy atom. The number of anilines is 1. The van der Waals surface area contributed by atoms with Gasteiger partial charge < -0.3 is 4.90 Å². The van der Waals surface area contributed by atoms with Crippen molar-refractivity contribution in [1.29, 1.82) is 0 Å². The molecule has 5 rings (SSSR count). The Balaban J connectivity index is 1.39. The van der Waals surface area contributed by atoms with Crippen LogP contribution in [0.4, 0.5) is 11.4 Å². The first-order chi connectivity index (χ1) is 13.8. The van der Waals surface area contributed by atoms with E-state index >= 15 is 0 Å². The van der Waals surface area contributed by atoms with Gasteiger partial charge in [-0.05, 0) is 37.4 Å². The van der Waals surface area contributed by atoms with Gasteiger partial charge >= 0.3 is 0 Å². The Labute approximate surface area is 170 Å². The van der Waals surface area contributed by atoms with E-state index in [1.807, 2.05) is 0 Å². The summed E-state index contributed by atoms with van der Waals surface area (Å²) >= 11 is 1.71. The molecule has 3 heterocycles. The number of hydrogen-bond acceptors (Lipinski definition) is 6. The summed E-state index contributed by atoms with van der Waals surface area (Å²) < 4.78 is 0. The minimum Gasteiger partial charge on any atom is -0.369 e. The number of amidine groups is 2. The van der Waals surface area contributed by atoms with E-state index in [9.17, 15) is 0 Å². The highest BCUT2D eigenvalue weighted by Gasteiger charge is 2.43. The van der Waals surface area contributed by atoms with Crippen molar-refractivity contribution in [2.24, 2.45) is 9.98 Å². The van der Waals surface area contributed by atoms with Gasteiger partial charge in [-0.1, -0.05) is 42.1 Å². The molecule has 2 aromatic carbocycles. The maximum Gasteiger partial charge on any atom is 0.171 e. The molecule has 3 aliphatic heterocycles. The Hall–Kier alpha value is -2.31. The third-order valence-corrected chi connectivity index (χ3v) is 6.46. The zero-order valence-electron chi connectivity index (χ0n) is 16.3. The zero-order chi connectivity index (χ0) is 19.1. The van der Waals surface area contributed by atoms with Crippen LogP contribution in [0.3, 0.4) is 0 Å². The normalized spacial score (nSPS) is 24.5. The number of para-hydroxylation sites is 2. The Morgan fingerprint density at radius 3 is 2.39 bits per heavy atom. The SMILES string of the molecule is CSC1=Nc2ccccc2C2=NC(C)C(N3CCN(c4ccccc4)CC3)N12. The molecule has 0 radical (unpaired) electrons. The van der Waals surface area contributed by atoms with Crippen molar-refractivity contribution in [1.82, 2.24) is 9.80 Å². The summed E-state index contributed by atoms with van der Waals surface area (Å²) in [5, 5.41) is 1.05. The molecule has 0 bridgehead atoms. The summed E-state index contributed by atoms with van der Waals surface area (Å²) in [7, 11) is 0. The second kappa shape index (κ2) is 7.26. The van der Waals surface area contributed by atoms with Crippen LogP contribution in [0.5, 0.6) is 0 Å². The van der Waals surface area contributed by atoms with E-state index in [2.05, 4.69) is 82.5 Å². The third-order valence-electron chi connectivity index (χ3n) is 5.81. The van der Waals surface area contributed by atoms with Gasteiger partial charge in [0.1, 0.15) is 12.0 Å². The van der Waals surface area contributed by atoms with Gasteiger partial charge in [0, 0.05) is 37.4 Å².